The van der Waals surface area contributed by atoms with Gasteiger partial charge in [0.1, 0.15) is 0 Å². The summed E-state index contributed by atoms with van der Waals surface area (Å²) < 4.78 is 1.19. The number of fused-ring (bicyclic) bond motifs is 1. The lowest BCUT2D eigenvalue weighted by Crippen LogP contribution is -1.75. The second kappa shape index (κ2) is 2.50. The lowest BCUT2D eigenvalue weighted by molar-refractivity contribution is 1.40. The molecular weight excluding hydrogens is 174 g/mol. The summed E-state index contributed by atoms with van der Waals surface area (Å²) in [5, 5.41) is 0. The van der Waals surface area contributed by atoms with E-state index < -0.39 is 0 Å². The van der Waals surface area contributed by atoms with Crippen molar-refractivity contribution in [3.63, 3.8) is 0 Å². The van der Waals surface area contributed by atoms with Gasteiger partial charge in [0.2, 0.25) is 0 Å². The minimum Gasteiger partial charge on any atom is -0.244 e. The third kappa shape index (κ3) is 1.04. The second-order valence-electron chi connectivity index (χ2n) is 2.43. The summed E-state index contributed by atoms with van der Waals surface area (Å²) in [6.07, 6.45) is 0. The molecule has 1 aromatic heterocycles. The topological polar surface area (TPSA) is 12.9 Å². The van der Waals surface area contributed by atoms with Crippen LogP contribution in [-0.2, 0) is 0 Å². The molecule has 0 aliphatic rings. The lowest BCUT2D eigenvalue weighted by atomic mass is 10.2. The number of rotatable bonds is 0. The molecule has 0 aliphatic carbocycles. The number of hydrogen-bond donors (Lipinski definition) is 1. The second-order valence-corrected chi connectivity index (χ2v) is 3.77. The van der Waals surface area contributed by atoms with Crippen molar-refractivity contribution in [3.8, 4) is 0 Å². The van der Waals surface area contributed by atoms with Crippen LogP contribution in [0.5, 0.6) is 0 Å². The standard InChI is InChI=1S/C8H7NS2/c1-5-2-3-6(10)8-7(5)9-4-11-8/h2-4,10H,1H3. The molecule has 0 fully saturated rings. The third-order valence-corrected chi connectivity index (χ3v) is 3.05. The van der Waals surface area contributed by atoms with Gasteiger partial charge in [-0.25, -0.2) is 4.98 Å². The minimum absolute atomic E-state index is 1.02. The van der Waals surface area contributed by atoms with Gasteiger partial charge >= 0.3 is 0 Å². The molecule has 0 N–H and O–H groups in total. The van der Waals surface area contributed by atoms with E-state index in [1.807, 2.05) is 17.6 Å². The van der Waals surface area contributed by atoms with Gasteiger partial charge in [-0.3, -0.25) is 0 Å². The number of hydrogen-bond acceptors (Lipinski definition) is 3. The van der Waals surface area contributed by atoms with E-state index in [1.165, 1.54) is 10.3 Å². The summed E-state index contributed by atoms with van der Waals surface area (Å²) in [7, 11) is 0. The highest BCUT2D eigenvalue weighted by molar-refractivity contribution is 7.80. The van der Waals surface area contributed by atoms with Crippen LogP contribution in [0.3, 0.4) is 0 Å². The maximum atomic E-state index is 4.33. The smallest absolute Gasteiger partial charge is 0.0852 e. The number of nitrogens with zero attached hydrogens (tertiary/aromatic N) is 1. The first-order chi connectivity index (χ1) is 5.29. The normalized spacial score (nSPS) is 10.7. The molecule has 0 saturated carbocycles. The average Bonchev–Trinajstić information content (AvgIpc) is 2.45. The molecule has 2 rings (SSSR count). The van der Waals surface area contributed by atoms with Crippen LogP contribution in [-0.4, -0.2) is 4.98 Å². The molecule has 2 aromatic rings. The van der Waals surface area contributed by atoms with Gasteiger partial charge in [-0.05, 0) is 18.6 Å². The van der Waals surface area contributed by atoms with Crippen LogP contribution in [0, 0.1) is 6.92 Å². The molecule has 11 heavy (non-hydrogen) atoms. The van der Waals surface area contributed by atoms with Crippen LogP contribution in [0.2, 0.25) is 0 Å². The first kappa shape index (κ1) is 7.13. The Labute approximate surface area is 74.5 Å². The van der Waals surface area contributed by atoms with E-state index in [-0.39, 0.29) is 0 Å². The monoisotopic (exact) mass is 181 g/mol. The maximum Gasteiger partial charge on any atom is 0.0852 e. The number of aromatic nitrogens is 1. The van der Waals surface area contributed by atoms with E-state index >= 15 is 0 Å². The largest absolute Gasteiger partial charge is 0.244 e. The molecule has 1 heterocycles. The molecule has 0 radical (unpaired) electrons. The molecule has 1 nitrogen and oxygen atoms in total. The Morgan fingerprint density at radius 2 is 2.27 bits per heavy atom. The molecule has 0 atom stereocenters. The summed E-state index contributed by atoms with van der Waals surface area (Å²) in [4.78, 5) is 5.27. The maximum absolute atomic E-state index is 4.33. The van der Waals surface area contributed by atoms with Crippen molar-refractivity contribution in [2.75, 3.05) is 0 Å². The van der Waals surface area contributed by atoms with Crippen LogP contribution in [0.1, 0.15) is 5.56 Å². The molecule has 0 amide bonds. The van der Waals surface area contributed by atoms with Gasteiger partial charge in [0.05, 0.1) is 15.7 Å². The highest BCUT2D eigenvalue weighted by Crippen LogP contribution is 2.27. The molecule has 0 aliphatic heterocycles. The van der Waals surface area contributed by atoms with Gasteiger partial charge in [0.25, 0.3) is 0 Å². The number of thiazole rings is 1. The van der Waals surface area contributed by atoms with E-state index in [9.17, 15) is 0 Å². The highest BCUT2D eigenvalue weighted by atomic mass is 32.1. The molecule has 0 saturated heterocycles. The van der Waals surface area contributed by atoms with Gasteiger partial charge in [0, 0.05) is 4.90 Å². The Bertz CT molecular complexity index is 356. The van der Waals surface area contributed by atoms with Crippen LogP contribution < -0.4 is 0 Å². The predicted octanol–water partition coefficient (Wildman–Crippen LogP) is 2.89. The molecular formula is C8H7NS2. The molecule has 3 heteroatoms. The Balaban J connectivity index is 2.96. The Hall–Kier alpha value is -0.540. The van der Waals surface area contributed by atoms with Crippen LogP contribution >= 0.6 is 24.0 Å². The summed E-state index contributed by atoms with van der Waals surface area (Å²) in [6.45, 7) is 2.06. The number of aryl methyl sites for hydroxylation is 1. The minimum atomic E-state index is 1.02. The van der Waals surface area contributed by atoms with Gasteiger partial charge in [-0.2, -0.15) is 0 Å². The van der Waals surface area contributed by atoms with Gasteiger partial charge in [-0.1, -0.05) is 6.07 Å². The molecule has 56 valence electrons. The van der Waals surface area contributed by atoms with E-state index in [0.717, 1.165) is 10.4 Å². The molecule has 1 aromatic carbocycles. The average molecular weight is 181 g/mol. The van der Waals surface area contributed by atoms with E-state index in [0.29, 0.717) is 0 Å². The van der Waals surface area contributed by atoms with Crippen molar-refractivity contribution in [1.29, 1.82) is 0 Å². The van der Waals surface area contributed by atoms with Gasteiger partial charge in [0.15, 0.2) is 0 Å². The number of benzene rings is 1. The van der Waals surface area contributed by atoms with Crippen molar-refractivity contribution in [2.24, 2.45) is 0 Å². The first-order valence-electron chi connectivity index (χ1n) is 3.31. The van der Waals surface area contributed by atoms with Crippen molar-refractivity contribution in [1.82, 2.24) is 4.98 Å². The summed E-state index contributed by atoms with van der Waals surface area (Å²) in [5.41, 5.74) is 4.17. The fourth-order valence-corrected chi connectivity index (χ4v) is 2.18. The third-order valence-electron chi connectivity index (χ3n) is 1.66. The van der Waals surface area contributed by atoms with Crippen LogP contribution in [0.25, 0.3) is 10.2 Å². The summed E-state index contributed by atoms with van der Waals surface area (Å²) >= 11 is 5.97. The zero-order valence-corrected chi connectivity index (χ0v) is 7.75. The molecule has 0 spiro atoms. The summed E-state index contributed by atoms with van der Waals surface area (Å²) in [6, 6.07) is 4.06. The Morgan fingerprint density at radius 1 is 1.45 bits per heavy atom. The van der Waals surface area contributed by atoms with Crippen LogP contribution in [0.15, 0.2) is 22.5 Å². The fourth-order valence-electron chi connectivity index (χ4n) is 1.07. The van der Waals surface area contributed by atoms with E-state index in [4.69, 9.17) is 0 Å². The first-order valence-corrected chi connectivity index (χ1v) is 4.63. The summed E-state index contributed by atoms with van der Waals surface area (Å²) in [5.74, 6) is 0. The number of thiol groups is 1. The SMILES string of the molecule is Cc1ccc(S)c2scnc12. The van der Waals surface area contributed by atoms with Gasteiger partial charge in [-0.15, -0.1) is 24.0 Å². The van der Waals surface area contributed by atoms with Crippen molar-refractivity contribution >= 4 is 34.2 Å². The highest BCUT2D eigenvalue weighted by Gasteiger charge is 2.01. The predicted molar refractivity (Wildman–Crippen MR) is 51.6 cm³/mol. The van der Waals surface area contributed by atoms with Gasteiger partial charge < -0.3 is 0 Å². The van der Waals surface area contributed by atoms with E-state index in [2.05, 4.69) is 24.5 Å². The van der Waals surface area contributed by atoms with E-state index in [1.54, 1.807) is 11.3 Å². The Kier molecular flexibility index (Phi) is 1.62. The zero-order chi connectivity index (χ0) is 7.84. The Morgan fingerprint density at radius 3 is 3.00 bits per heavy atom. The zero-order valence-electron chi connectivity index (χ0n) is 6.03. The molecule has 0 bridgehead atoms. The van der Waals surface area contributed by atoms with Crippen molar-refractivity contribution in [3.05, 3.63) is 23.2 Å². The van der Waals surface area contributed by atoms with Crippen molar-refractivity contribution < 1.29 is 0 Å². The lowest BCUT2D eigenvalue weighted by Gasteiger charge is -1.95. The fraction of sp³-hybridized carbons (Fsp3) is 0.125. The van der Waals surface area contributed by atoms with Crippen LogP contribution in [0.4, 0.5) is 0 Å². The van der Waals surface area contributed by atoms with Crippen molar-refractivity contribution in [2.45, 2.75) is 11.8 Å². The molecule has 0 unspecified atom stereocenters. The quantitative estimate of drug-likeness (QED) is 0.617.